The third kappa shape index (κ3) is 3.98. The zero-order valence-electron chi connectivity index (χ0n) is 12.0. The van der Waals surface area contributed by atoms with Gasteiger partial charge in [0, 0.05) is 5.56 Å². The molecule has 0 aliphatic heterocycles. The molecule has 4 nitrogen and oxygen atoms in total. The lowest BCUT2D eigenvalue weighted by Crippen LogP contribution is -2.29. The van der Waals surface area contributed by atoms with Gasteiger partial charge in [-0.25, -0.2) is 8.42 Å². The van der Waals surface area contributed by atoms with Crippen LogP contribution in [0.3, 0.4) is 0 Å². The smallest absolute Gasteiger partial charge is 0.177 e. The van der Waals surface area contributed by atoms with Gasteiger partial charge in [-0.3, -0.25) is 4.79 Å². The minimum atomic E-state index is -3.38. The van der Waals surface area contributed by atoms with Crippen LogP contribution in [0.2, 0.25) is 5.02 Å². The molecule has 0 unspecified atom stereocenters. The molecule has 0 spiro atoms. The highest BCUT2D eigenvalue weighted by Gasteiger charge is 2.29. The first-order chi connectivity index (χ1) is 9.94. The molecule has 0 bridgehead atoms. The number of ketones is 1. The summed E-state index contributed by atoms with van der Waals surface area (Å²) in [4.78, 5) is 12.2. The second-order valence-electron chi connectivity index (χ2n) is 5.34. The third-order valence-electron chi connectivity index (χ3n) is 3.87. The number of sulfone groups is 1. The van der Waals surface area contributed by atoms with E-state index >= 15 is 0 Å². The first-order valence-corrected chi connectivity index (χ1v) is 9.11. The highest BCUT2D eigenvalue weighted by atomic mass is 35.5. The van der Waals surface area contributed by atoms with Crippen molar-refractivity contribution >= 4 is 27.2 Å². The Balaban J connectivity index is 2.11. The van der Waals surface area contributed by atoms with Crippen LogP contribution in [-0.2, 0) is 9.84 Å². The number of hydrogen-bond donors (Lipinski definition) is 0. The maximum Gasteiger partial charge on any atom is 0.177 e. The average Bonchev–Trinajstić information content (AvgIpc) is 2.47. The lowest BCUT2D eigenvalue weighted by Gasteiger charge is -2.21. The number of benzene rings is 1. The summed E-state index contributed by atoms with van der Waals surface area (Å²) in [6.45, 7) is 0. The van der Waals surface area contributed by atoms with E-state index in [0.717, 1.165) is 19.3 Å². The van der Waals surface area contributed by atoms with Crippen LogP contribution in [0.4, 0.5) is 0 Å². The molecule has 0 radical (unpaired) electrons. The van der Waals surface area contributed by atoms with Crippen molar-refractivity contribution in [3.05, 3.63) is 28.8 Å². The molecule has 6 heteroatoms. The van der Waals surface area contributed by atoms with E-state index in [1.165, 1.54) is 13.2 Å². The first-order valence-electron chi connectivity index (χ1n) is 7.02. The molecule has 0 amide bonds. The molecule has 1 saturated carbocycles. The van der Waals surface area contributed by atoms with Gasteiger partial charge in [0.15, 0.2) is 15.6 Å². The van der Waals surface area contributed by atoms with E-state index in [1.807, 2.05) is 0 Å². The fraction of sp³-hybridized carbons (Fsp3) is 0.533. The highest BCUT2D eigenvalue weighted by Crippen LogP contribution is 2.27. The van der Waals surface area contributed by atoms with Crippen molar-refractivity contribution in [1.82, 2.24) is 0 Å². The third-order valence-corrected chi connectivity index (χ3v) is 6.31. The molecule has 0 N–H and O–H groups in total. The van der Waals surface area contributed by atoms with E-state index in [4.69, 9.17) is 16.3 Å². The van der Waals surface area contributed by atoms with Gasteiger partial charge in [-0.1, -0.05) is 30.9 Å². The van der Waals surface area contributed by atoms with Gasteiger partial charge >= 0.3 is 0 Å². The van der Waals surface area contributed by atoms with E-state index in [9.17, 15) is 13.2 Å². The molecule has 1 aromatic rings. The van der Waals surface area contributed by atoms with Crippen LogP contribution < -0.4 is 4.74 Å². The van der Waals surface area contributed by atoms with Gasteiger partial charge in [-0.05, 0) is 31.0 Å². The van der Waals surface area contributed by atoms with Crippen molar-refractivity contribution in [2.45, 2.75) is 37.4 Å². The van der Waals surface area contributed by atoms with Gasteiger partial charge < -0.3 is 4.74 Å². The minimum Gasteiger partial charge on any atom is -0.495 e. The Morgan fingerprint density at radius 1 is 1.29 bits per heavy atom. The molecule has 1 aliphatic carbocycles. The van der Waals surface area contributed by atoms with E-state index in [2.05, 4.69) is 0 Å². The lowest BCUT2D eigenvalue weighted by molar-refractivity contribution is 0.102. The fourth-order valence-corrected chi connectivity index (χ4v) is 4.73. The Labute approximate surface area is 130 Å². The monoisotopic (exact) mass is 330 g/mol. The van der Waals surface area contributed by atoms with E-state index in [-0.39, 0.29) is 5.25 Å². The number of rotatable bonds is 5. The van der Waals surface area contributed by atoms with Gasteiger partial charge in [0.05, 0.1) is 17.4 Å². The van der Waals surface area contributed by atoms with E-state index in [0.29, 0.717) is 29.2 Å². The molecule has 1 aliphatic rings. The van der Waals surface area contributed by atoms with Gasteiger partial charge in [0.25, 0.3) is 0 Å². The summed E-state index contributed by atoms with van der Waals surface area (Å²) in [5, 5.41) is -0.0673. The second kappa shape index (κ2) is 6.79. The van der Waals surface area contributed by atoms with Gasteiger partial charge in [-0.15, -0.1) is 0 Å². The number of carbonyl (C=O) groups is 1. The Kier molecular flexibility index (Phi) is 5.27. The van der Waals surface area contributed by atoms with Crippen LogP contribution in [-0.4, -0.2) is 32.3 Å². The van der Waals surface area contributed by atoms with Crippen molar-refractivity contribution in [3.8, 4) is 5.75 Å². The fourth-order valence-electron chi connectivity index (χ4n) is 2.65. The summed E-state index contributed by atoms with van der Waals surface area (Å²) in [5.41, 5.74) is 0.306. The van der Waals surface area contributed by atoms with E-state index in [1.54, 1.807) is 12.1 Å². The van der Waals surface area contributed by atoms with Gasteiger partial charge in [0.2, 0.25) is 0 Å². The average molecular weight is 331 g/mol. The summed E-state index contributed by atoms with van der Waals surface area (Å²) in [6.07, 6.45) is 4.25. The highest BCUT2D eigenvalue weighted by molar-refractivity contribution is 7.92. The normalized spacial score (nSPS) is 16.7. The quantitative estimate of drug-likeness (QED) is 0.777. The predicted octanol–water partition coefficient (Wildman–Crippen LogP) is 3.28. The van der Waals surface area contributed by atoms with Crippen molar-refractivity contribution in [2.24, 2.45) is 0 Å². The molecule has 0 saturated heterocycles. The number of methoxy groups -OCH3 is 1. The summed E-state index contributed by atoms with van der Waals surface area (Å²) in [6, 6.07) is 4.57. The topological polar surface area (TPSA) is 60.4 Å². The van der Waals surface area contributed by atoms with Gasteiger partial charge in [-0.2, -0.15) is 0 Å². The van der Waals surface area contributed by atoms with Crippen LogP contribution in [0.25, 0.3) is 0 Å². The lowest BCUT2D eigenvalue weighted by atomic mass is 10.0. The molecule has 1 fully saturated rings. The Hall–Kier alpha value is -1.07. The van der Waals surface area contributed by atoms with Crippen LogP contribution in [0, 0.1) is 0 Å². The zero-order chi connectivity index (χ0) is 15.5. The van der Waals surface area contributed by atoms with Crippen molar-refractivity contribution in [2.75, 3.05) is 12.9 Å². The number of hydrogen-bond acceptors (Lipinski definition) is 4. The molecule has 116 valence electrons. The second-order valence-corrected chi connectivity index (χ2v) is 8.03. The van der Waals surface area contributed by atoms with Crippen molar-refractivity contribution in [1.29, 1.82) is 0 Å². The van der Waals surface area contributed by atoms with Crippen molar-refractivity contribution in [3.63, 3.8) is 0 Å². The Morgan fingerprint density at radius 3 is 2.52 bits per heavy atom. The Bertz CT molecular complexity index is 619. The zero-order valence-corrected chi connectivity index (χ0v) is 13.5. The molecule has 21 heavy (non-hydrogen) atoms. The largest absolute Gasteiger partial charge is 0.495 e. The number of ether oxygens (including phenoxy) is 1. The summed E-state index contributed by atoms with van der Waals surface area (Å²) in [7, 11) is -1.90. The molecule has 0 aromatic heterocycles. The summed E-state index contributed by atoms with van der Waals surface area (Å²) < 4.78 is 29.6. The van der Waals surface area contributed by atoms with Crippen molar-refractivity contribution < 1.29 is 17.9 Å². The predicted molar refractivity (Wildman–Crippen MR) is 83.0 cm³/mol. The Morgan fingerprint density at radius 2 is 1.95 bits per heavy atom. The maximum atomic E-state index is 12.3. The number of Topliss-reactive ketones (excluding diaryl/α,β-unsaturated/α-hetero) is 1. The molecular formula is C15H19ClO4S. The summed E-state index contributed by atoms with van der Waals surface area (Å²) >= 11 is 5.97. The van der Waals surface area contributed by atoms with Crippen LogP contribution in [0.5, 0.6) is 5.75 Å². The van der Waals surface area contributed by atoms with Gasteiger partial charge in [0.1, 0.15) is 11.5 Å². The minimum absolute atomic E-state index is 0.304. The maximum absolute atomic E-state index is 12.3. The number of carbonyl (C=O) groups excluding carboxylic acids is 1. The molecule has 1 aromatic carbocycles. The van der Waals surface area contributed by atoms with Crippen LogP contribution in [0.1, 0.15) is 42.5 Å². The standard InChI is InChI=1S/C15H19ClO4S/c1-20-15-8-7-11(9-13(15)16)14(17)10-21(18,19)12-5-3-2-4-6-12/h7-9,12H,2-6,10H2,1H3. The molecule has 0 heterocycles. The molecular weight excluding hydrogens is 312 g/mol. The SMILES string of the molecule is COc1ccc(C(=O)CS(=O)(=O)C2CCCCC2)cc1Cl. The van der Waals surface area contributed by atoms with Crippen LogP contribution in [0.15, 0.2) is 18.2 Å². The van der Waals surface area contributed by atoms with E-state index < -0.39 is 21.4 Å². The first kappa shape index (κ1) is 16.3. The molecule has 0 atom stereocenters. The summed E-state index contributed by atoms with van der Waals surface area (Å²) in [5.74, 6) is -0.395. The molecule has 2 rings (SSSR count). The van der Waals surface area contributed by atoms with Crippen LogP contribution >= 0.6 is 11.6 Å². The number of halogens is 1.